The van der Waals surface area contributed by atoms with Crippen molar-refractivity contribution in [3.63, 3.8) is 0 Å². The summed E-state index contributed by atoms with van der Waals surface area (Å²) in [6.45, 7) is 0.133. The van der Waals surface area contributed by atoms with Gasteiger partial charge in [-0.15, -0.1) is 0 Å². The number of esters is 3. The van der Waals surface area contributed by atoms with Gasteiger partial charge in [-0.3, -0.25) is 4.79 Å². The summed E-state index contributed by atoms with van der Waals surface area (Å²) >= 11 is 0. The van der Waals surface area contributed by atoms with Gasteiger partial charge >= 0.3 is 17.9 Å². The van der Waals surface area contributed by atoms with Crippen LogP contribution in [0.1, 0.15) is 27.6 Å². The first-order chi connectivity index (χ1) is 13.9. The van der Waals surface area contributed by atoms with E-state index in [-0.39, 0.29) is 11.1 Å². The molecule has 0 unspecified atom stereocenters. The number of benzene rings is 2. The number of aliphatic hydroxyl groups is 2. The first-order valence-corrected chi connectivity index (χ1v) is 8.86. The number of ether oxygens (including phenoxy) is 3. The lowest BCUT2D eigenvalue weighted by atomic mass is 10.1. The number of hydrogen-bond acceptors (Lipinski definition) is 8. The zero-order valence-corrected chi connectivity index (χ0v) is 15.8. The molecule has 154 valence electrons. The highest BCUT2D eigenvalue weighted by molar-refractivity contribution is 5.89. The number of rotatable bonds is 9. The Hall–Kier alpha value is -3.23. The normalized spacial score (nSPS) is 13.6. The van der Waals surface area contributed by atoms with Gasteiger partial charge in [0.2, 0.25) is 0 Å². The first kappa shape index (κ1) is 22.1. The fourth-order valence-electron chi connectivity index (χ4n) is 2.35. The molecule has 2 rings (SSSR count). The van der Waals surface area contributed by atoms with Gasteiger partial charge in [0.05, 0.1) is 11.1 Å². The number of carbonyl (C=O) groups excluding carboxylic acids is 3. The minimum Gasteiger partial charge on any atom is -0.462 e. The van der Waals surface area contributed by atoms with Gasteiger partial charge < -0.3 is 24.4 Å². The van der Waals surface area contributed by atoms with E-state index in [1.54, 1.807) is 36.4 Å². The molecule has 2 aromatic carbocycles. The molecule has 0 aromatic heterocycles. The molecular formula is C21H22O8. The maximum absolute atomic E-state index is 12.2. The molecule has 0 saturated carbocycles. The van der Waals surface area contributed by atoms with Gasteiger partial charge in [0.1, 0.15) is 25.4 Å². The van der Waals surface area contributed by atoms with Crippen molar-refractivity contribution in [1.29, 1.82) is 0 Å². The van der Waals surface area contributed by atoms with Crippen LogP contribution in [0.5, 0.6) is 0 Å². The monoisotopic (exact) mass is 402 g/mol. The van der Waals surface area contributed by atoms with Crippen LogP contribution in [0.3, 0.4) is 0 Å². The second kappa shape index (κ2) is 10.9. The number of carbonyl (C=O) groups is 3. The van der Waals surface area contributed by atoms with E-state index < -0.39 is 49.4 Å². The van der Waals surface area contributed by atoms with Crippen molar-refractivity contribution in [3.05, 3.63) is 71.8 Å². The Bertz CT molecular complexity index is 806. The summed E-state index contributed by atoms with van der Waals surface area (Å²) in [5.74, 6) is -2.10. The van der Waals surface area contributed by atoms with Crippen LogP contribution in [0, 0.1) is 0 Å². The van der Waals surface area contributed by atoms with Crippen LogP contribution in [-0.2, 0) is 19.0 Å². The minimum atomic E-state index is -1.66. The SMILES string of the molecule is CC(=O)OC[C@H](OC(=O)c1ccccc1)[C@@H](O)[C@H](O)COC(=O)c1ccccc1. The maximum Gasteiger partial charge on any atom is 0.338 e. The van der Waals surface area contributed by atoms with Crippen molar-refractivity contribution >= 4 is 17.9 Å². The largest absolute Gasteiger partial charge is 0.462 e. The standard InChI is InChI=1S/C21H22O8/c1-14(22)27-13-18(29-21(26)16-10-6-3-7-11-16)19(24)17(23)12-28-20(25)15-8-4-2-5-9-15/h2-11,17-19,23-24H,12-13H2,1H3/t17-,18+,19+/m1/s1. The first-order valence-electron chi connectivity index (χ1n) is 8.86. The molecule has 0 bridgehead atoms. The molecule has 2 aromatic rings. The summed E-state index contributed by atoms with van der Waals surface area (Å²) in [5.41, 5.74) is 0.499. The number of aliphatic hydroxyl groups excluding tert-OH is 2. The van der Waals surface area contributed by atoms with Gasteiger partial charge in [-0.2, -0.15) is 0 Å². The fourth-order valence-corrected chi connectivity index (χ4v) is 2.35. The molecular weight excluding hydrogens is 380 g/mol. The summed E-state index contributed by atoms with van der Waals surface area (Å²) in [6.07, 6.45) is -4.60. The van der Waals surface area contributed by atoms with Crippen LogP contribution in [0.4, 0.5) is 0 Å². The van der Waals surface area contributed by atoms with Crippen LogP contribution in [0.2, 0.25) is 0 Å². The average molecular weight is 402 g/mol. The Morgan fingerprint density at radius 1 is 0.793 bits per heavy atom. The number of hydrogen-bond donors (Lipinski definition) is 2. The molecule has 2 N–H and O–H groups in total. The minimum absolute atomic E-state index is 0.220. The van der Waals surface area contributed by atoms with Crippen molar-refractivity contribution in [2.75, 3.05) is 13.2 Å². The lowest BCUT2D eigenvalue weighted by Crippen LogP contribution is -2.45. The van der Waals surface area contributed by atoms with Crippen molar-refractivity contribution < 1.29 is 38.8 Å². The van der Waals surface area contributed by atoms with E-state index in [9.17, 15) is 24.6 Å². The highest BCUT2D eigenvalue weighted by atomic mass is 16.6. The zero-order chi connectivity index (χ0) is 21.2. The van der Waals surface area contributed by atoms with Crippen molar-refractivity contribution in [2.24, 2.45) is 0 Å². The third-order valence-corrected chi connectivity index (χ3v) is 3.89. The lowest BCUT2D eigenvalue weighted by molar-refractivity contribution is -0.150. The average Bonchev–Trinajstić information content (AvgIpc) is 2.75. The quantitative estimate of drug-likeness (QED) is 0.477. The highest BCUT2D eigenvalue weighted by Gasteiger charge is 2.32. The zero-order valence-electron chi connectivity index (χ0n) is 15.8. The molecule has 8 heteroatoms. The summed E-state index contributed by atoms with van der Waals surface area (Å²) in [6, 6.07) is 16.1. The molecule has 0 aliphatic heterocycles. The Labute approximate surface area is 167 Å². The van der Waals surface area contributed by atoms with Gasteiger partial charge in [-0.1, -0.05) is 36.4 Å². The van der Waals surface area contributed by atoms with E-state index in [2.05, 4.69) is 0 Å². The van der Waals surface area contributed by atoms with Crippen molar-refractivity contribution in [1.82, 2.24) is 0 Å². The lowest BCUT2D eigenvalue weighted by Gasteiger charge is -2.26. The van der Waals surface area contributed by atoms with Crippen molar-refractivity contribution in [3.8, 4) is 0 Å². The molecule has 3 atom stereocenters. The topological polar surface area (TPSA) is 119 Å². The molecule has 29 heavy (non-hydrogen) atoms. The van der Waals surface area contributed by atoms with Crippen LogP contribution in [-0.4, -0.2) is 59.6 Å². The van der Waals surface area contributed by atoms with Gasteiger partial charge in [-0.05, 0) is 24.3 Å². The van der Waals surface area contributed by atoms with E-state index in [1.807, 2.05) is 0 Å². The summed E-state index contributed by atoms with van der Waals surface area (Å²) in [4.78, 5) is 35.3. The van der Waals surface area contributed by atoms with Crippen LogP contribution >= 0.6 is 0 Å². The second-order valence-corrected chi connectivity index (χ2v) is 6.13. The Balaban J connectivity index is 1.99. The van der Waals surface area contributed by atoms with Crippen LogP contribution < -0.4 is 0 Å². The second-order valence-electron chi connectivity index (χ2n) is 6.13. The van der Waals surface area contributed by atoms with Crippen LogP contribution in [0.25, 0.3) is 0 Å². The molecule has 0 aliphatic rings. The Morgan fingerprint density at radius 3 is 1.83 bits per heavy atom. The summed E-state index contributed by atoms with van der Waals surface area (Å²) < 4.78 is 15.0. The third kappa shape index (κ3) is 7.02. The van der Waals surface area contributed by atoms with Gasteiger partial charge in [0, 0.05) is 6.92 Å². The van der Waals surface area contributed by atoms with Crippen molar-refractivity contribution in [2.45, 2.75) is 25.2 Å². The predicted molar refractivity (Wildman–Crippen MR) is 101 cm³/mol. The van der Waals surface area contributed by atoms with E-state index in [1.165, 1.54) is 24.3 Å². The molecule has 0 spiro atoms. The summed E-state index contributed by atoms with van der Waals surface area (Å²) in [5, 5.41) is 20.5. The van der Waals surface area contributed by atoms with E-state index >= 15 is 0 Å². The molecule has 8 nitrogen and oxygen atoms in total. The van der Waals surface area contributed by atoms with E-state index in [0.29, 0.717) is 0 Å². The molecule has 0 saturated heterocycles. The maximum atomic E-state index is 12.2. The van der Waals surface area contributed by atoms with E-state index in [0.717, 1.165) is 6.92 Å². The molecule has 0 radical (unpaired) electrons. The summed E-state index contributed by atoms with van der Waals surface area (Å²) in [7, 11) is 0. The molecule has 0 aliphatic carbocycles. The van der Waals surface area contributed by atoms with Gasteiger partial charge in [0.25, 0.3) is 0 Å². The fraction of sp³-hybridized carbons (Fsp3) is 0.286. The van der Waals surface area contributed by atoms with Crippen LogP contribution in [0.15, 0.2) is 60.7 Å². The Morgan fingerprint density at radius 2 is 1.31 bits per heavy atom. The van der Waals surface area contributed by atoms with E-state index in [4.69, 9.17) is 14.2 Å². The molecule has 0 fully saturated rings. The molecule has 0 amide bonds. The smallest absolute Gasteiger partial charge is 0.338 e. The predicted octanol–water partition coefficient (Wildman–Crippen LogP) is 1.35. The molecule has 0 heterocycles. The Kier molecular flexibility index (Phi) is 8.32. The highest BCUT2D eigenvalue weighted by Crippen LogP contribution is 2.12. The third-order valence-electron chi connectivity index (χ3n) is 3.89. The van der Waals surface area contributed by atoms with Gasteiger partial charge in [0.15, 0.2) is 6.10 Å². The van der Waals surface area contributed by atoms with Gasteiger partial charge in [-0.25, -0.2) is 9.59 Å².